The van der Waals surface area contributed by atoms with Crippen molar-refractivity contribution in [3.05, 3.63) is 67.4 Å². The third-order valence-electron chi connectivity index (χ3n) is 8.35. The fraction of sp³-hybridized carbons (Fsp3) is 0.483. The van der Waals surface area contributed by atoms with Crippen molar-refractivity contribution in [2.24, 2.45) is 11.8 Å². The number of carbonyl (C=O) groups is 3. The number of hydrogen-bond donors (Lipinski definition) is 1. The quantitative estimate of drug-likeness (QED) is 0.344. The molecular weight excluding hydrogens is 506 g/mol. The molecule has 4 atom stereocenters. The van der Waals surface area contributed by atoms with Crippen molar-refractivity contribution in [2.75, 3.05) is 0 Å². The van der Waals surface area contributed by atoms with E-state index < -0.39 is 29.4 Å². The highest BCUT2D eigenvalue weighted by molar-refractivity contribution is 7.10. The van der Waals surface area contributed by atoms with E-state index in [1.54, 1.807) is 30.9 Å². The summed E-state index contributed by atoms with van der Waals surface area (Å²) in [6.07, 6.45) is 4.50. The summed E-state index contributed by atoms with van der Waals surface area (Å²) in [7, 11) is 0. The Balaban J connectivity index is 1.78. The maximum Gasteiger partial charge on any atom is 0.330 e. The summed E-state index contributed by atoms with van der Waals surface area (Å²) in [5, 5.41) is 14.8. The number of Topliss-reactive ketones (excluding diaryl/α,β-unsaturated/α-hetero) is 1. The number of carboxylic acid groups (broad SMARTS) is 1. The first kappa shape index (κ1) is 25.9. The van der Waals surface area contributed by atoms with Gasteiger partial charge in [0.25, 0.3) is 0 Å². The van der Waals surface area contributed by atoms with Gasteiger partial charge in [-0.1, -0.05) is 19.3 Å². The minimum absolute atomic E-state index is 0.146. The first-order chi connectivity index (χ1) is 17.7. The Morgan fingerprint density at radius 3 is 2.08 bits per heavy atom. The first-order valence-electron chi connectivity index (χ1n) is 12.9. The maximum atomic E-state index is 14.4. The molecule has 0 bridgehead atoms. The smallest absolute Gasteiger partial charge is 0.330 e. The van der Waals surface area contributed by atoms with E-state index in [0.29, 0.717) is 5.76 Å². The average molecular weight is 540 g/mol. The fourth-order valence-corrected chi connectivity index (χ4v) is 8.65. The van der Waals surface area contributed by atoms with Crippen molar-refractivity contribution < 1.29 is 23.9 Å². The largest absolute Gasteiger partial charge is 0.479 e. The highest BCUT2D eigenvalue weighted by atomic mass is 32.1. The summed E-state index contributed by atoms with van der Waals surface area (Å²) in [6.45, 7) is 7.35. The normalized spacial score (nSPS) is 26.5. The van der Waals surface area contributed by atoms with Gasteiger partial charge in [-0.2, -0.15) is 0 Å². The van der Waals surface area contributed by atoms with Crippen molar-refractivity contribution >= 4 is 40.3 Å². The van der Waals surface area contributed by atoms with E-state index in [4.69, 9.17) is 4.42 Å². The highest BCUT2D eigenvalue weighted by Crippen LogP contribution is 2.59. The highest BCUT2D eigenvalue weighted by Gasteiger charge is 2.66. The molecule has 1 aliphatic carbocycles. The van der Waals surface area contributed by atoms with Gasteiger partial charge in [0.1, 0.15) is 11.3 Å². The van der Waals surface area contributed by atoms with E-state index in [1.165, 1.54) is 22.7 Å². The van der Waals surface area contributed by atoms with Gasteiger partial charge >= 0.3 is 5.97 Å². The molecule has 6 nitrogen and oxygen atoms in total. The predicted octanol–water partition coefficient (Wildman–Crippen LogP) is 6.92. The van der Waals surface area contributed by atoms with Crippen molar-refractivity contribution in [1.82, 2.24) is 4.90 Å². The molecule has 8 heteroatoms. The van der Waals surface area contributed by atoms with Crippen molar-refractivity contribution in [3.8, 4) is 0 Å². The van der Waals surface area contributed by atoms with E-state index in [2.05, 4.69) is 0 Å². The molecular formula is C29H33NO5S2. The minimum atomic E-state index is -1.60. The molecule has 1 saturated carbocycles. The summed E-state index contributed by atoms with van der Waals surface area (Å²) in [6, 6.07) is 6.65. The monoisotopic (exact) mass is 539 g/mol. The number of hydrogen-bond acceptors (Lipinski definition) is 6. The van der Waals surface area contributed by atoms with Gasteiger partial charge < -0.3 is 14.4 Å². The summed E-state index contributed by atoms with van der Waals surface area (Å²) >= 11 is 2.95. The second kappa shape index (κ2) is 9.87. The Bertz CT molecular complexity index is 1330. The second-order valence-corrected chi connectivity index (χ2v) is 12.5. The molecule has 5 rings (SSSR count). The van der Waals surface area contributed by atoms with Crippen LogP contribution in [0.5, 0.6) is 0 Å². The molecule has 4 unspecified atom stereocenters. The lowest BCUT2D eigenvalue weighted by Crippen LogP contribution is -2.55. The van der Waals surface area contributed by atoms with Gasteiger partial charge in [-0.3, -0.25) is 9.59 Å². The summed E-state index contributed by atoms with van der Waals surface area (Å²) in [5.74, 6) is -2.41. The van der Waals surface area contributed by atoms with Gasteiger partial charge in [-0.25, -0.2) is 4.79 Å². The Morgan fingerprint density at radius 1 is 0.946 bits per heavy atom. The molecule has 0 spiro atoms. The number of amides is 1. The number of likely N-dealkylation sites (tertiary alicyclic amines) is 1. The molecule has 1 saturated heterocycles. The van der Waals surface area contributed by atoms with E-state index >= 15 is 0 Å². The molecule has 3 aromatic rings. The number of carboxylic acids is 1. The number of rotatable bonds is 6. The van der Waals surface area contributed by atoms with Crippen LogP contribution in [0.2, 0.25) is 0 Å². The van der Waals surface area contributed by atoms with E-state index in [9.17, 15) is 19.5 Å². The predicted molar refractivity (Wildman–Crippen MR) is 144 cm³/mol. The molecule has 0 radical (unpaired) electrons. The van der Waals surface area contributed by atoms with Crippen LogP contribution in [0.25, 0.3) is 0 Å². The summed E-state index contributed by atoms with van der Waals surface area (Å²) in [4.78, 5) is 45.4. The molecule has 0 aromatic carbocycles. The number of nitrogens with zero attached hydrogens (tertiary/aromatic N) is 1. The SMILES string of the molecule is Cc1ccc(C(=O)C2C(c3sccc3C)N(C(=O)C3CCCCC3)C(C)(C(=O)O)C2c2sccc2C)o1. The molecule has 37 heavy (non-hydrogen) atoms. The van der Waals surface area contributed by atoms with Crippen LogP contribution < -0.4 is 0 Å². The van der Waals surface area contributed by atoms with Crippen LogP contribution in [0.15, 0.2) is 39.4 Å². The number of ketones is 1. The lowest BCUT2D eigenvalue weighted by Gasteiger charge is -2.40. The van der Waals surface area contributed by atoms with Gasteiger partial charge in [-0.05, 0) is 86.7 Å². The minimum Gasteiger partial charge on any atom is -0.479 e. The van der Waals surface area contributed by atoms with Crippen LogP contribution in [-0.4, -0.2) is 33.2 Å². The van der Waals surface area contributed by atoms with Crippen LogP contribution >= 0.6 is 22.7 Å². The third kappa shape index (κ3) is 4.18. The zero-order valence-corrected chi connectivity index (χ0v) is 23.3. The average Bonchev–Trinajstić information content (AvgIpc) is 3.65. The molecule has 196 valence electrons. The lowest BCUT2D eigenvalue weighted by atomic mass is 9.75. The number of aryl methyl sites for hydroxylation is 3. The number of aliphatic carboxylic acids is 1. The van der Waals surface area contributed by atoms with Gasteiger partial charge in [0.2, 0.25) is 11.7 Å². The molecule has 1 N–H and O–H groups in total. The van der Waals surface area contributed by atoms with Gasteiger partial charge in [-0.15, -0.1) is 22.7 Å². The van der Waals surface area contributed by atoms with Crippen LogP contribution in [0.4, 0.5) is 0 Å². The zero-order valence-electron chi connectivity index (χ0n) is 21.7. The fourth-order valence-electron chi connectivity index (χ4n) is 6.39. The van der Waals surface area contributed by atoms with Crippen LogP contribution in [0.3, 0.4) is 0 Å². The maximum absolute atomic E-state index is 14.4. The summed E-state index contributed by atoms with van der Waals surface area (Å²) < 4.78 is 5.80. The Hall–Kier alpha value is -2.71. The Morgan fingerprint density at radius 2 is 1.57 bits per heavy atom. The molecule has 3 aromatic heterocycles. The molecule has 4 heterocycles. The second-order valence-electron chi connectivity index (χ2n) is 10.7. The van der Waals surface area contributed by atoms with Crippen LogP contribution in [0, 0.1) is 32.6 Å². The van der Waals surface area contributed by atoms with Gasteiger partial charge in [0, 0.05) is 21.6 Å². The lowest BCUT2D eigenvalue weighted by molar-refractivity contribution is -0.160. The Kier molecular flexibility index (Phi) is 6.92. The number of carbonyl (C=O) groups excluding carboxylic acids is 2. The van der Waals surface area contributed by atoms with Crippen molar-refractivity contribution in [3.63, 3.8) is 0 Å². The molecule has 1 amide bonds. The van der Waals surface area contributed by atoms with Crippen molar-refractivity contribution in [1.29, 1.82) is 0 Å². The van der Waals surface area contributed by atoms with Gasteiger partial charge in [0.05, 0.1) is 12.0 Å². The molecule has 2 fully saturated rings. The number of thiophene rings is 2. The third-order valence-corrected chi connectivity index (χ3v) is 10.5. The number of furan rings is 1. The van der Waals surface area contributed by atoms with E-state index in [0.717, 1.165) is 53.0 Å². The van der Waals surface area contributed by atoms with Crippen molar-refractivity contribution in [2.45, 2.75) is 77.3 Å². The topological polar surface area (TPSA) is 87.8 Å². The molecule has 1 aliphatic heterocycles. The van der Waals surface area contributed by atoms with E-state index in [1.807, 2.05) is 36.7 Å². The molecule has 2 aliphatic rings. The zero-order chi connectivity index (χ0) is 26.5. The van der Waals surface area contributed by atoms with E-state index in [-0.39, 0.29) is 23.4 Å². The van der Waals surface area contributed by atoms with Crippen LogP contribution in [0.1, 0.15) is 88.2 Å². The Labute approximate surface area is 225 Å². The van der Waals surface area contributed by atoms with Gasteiger partial charge in [0.15, 0.2) is 5.76 Å². The van der Waals surface area contributed by atoms with Crippen LogP contribution in [-0.2, 0) is 9.59 Å². The first-order valence-corrected chi connectivity index (χ1v) is 14.7. The standard InChI is InChI=1S/C29H33NO5S2/c1-16-12-14-36-25(16)22-21(24(31)20-11-10-18(3)35-20)23(26-17(2)13-15-37-26)30(29(22,4)28(33)34)27(32)19-8-6-5-7-9-19/h10-15,19,21-23H,5-9H2,1-4H3,(H,33,34). The summed E-state index contributed by atoms with van der Waals surface area (Å²) in [5.41, 5.74) is 0.290.